The second-order valence-electron chi connectivity index (χ2n) is 1.67. The van der Waals surface area contributed by atoms with Gasteiger partial charge in [0.1, 0.15) is 0 Å². The van der Waals surface area contributed by atoms with Gasteiger partial charge in [-0.2, -0.15) is 8.78 Å². The molecule has 52 valence electrons. The fourth-order valence-corrected chi connectivity index (χ4v) is 0.431. The van der Waals surface area contributed by atoms with Gasteiger partial charge in [-0.1, -0.05) is 0 Å². The highest BCUT2D eigenvalue weighted by Crippen LogP contribution is 2.29. The van der Waals surface area contributed by atoms with Gasteiger partial charge in [-0.25, -0.2) is 4.79 Å². The molecular weight excluding hydrogens is 134 g/mol. The number of alkyl halides is 2. The Bertz CT molecular complexity index is 145. The number of ether oxygens (including phenoxy) is 2. The van der Waals surface area contributed by atoms with E-state index >= 15 is 0 Å². The van der Waals surface area contributed by atoms with Gasteiger partial charge in [0.05, 0.1) is 0 Å². The smallest absolute Gasteiger partial charge is 0.420 e. The summed E-state index contributed by atoms with van der Waals surface area (Å²) >= 11 is 0. The van der Waals surface area contributed by atoms with Crippen molar-refractivity contribution in [2.45, 2.75) is 19.1 Å². The molecule has 0 radical (unpaired) electrons. The highest BCUT2D eigenvalue weighted by molar-refractivity contribution is 5.62. The third-order valence-corrected chi connectivity index (χ3v) is 0.966. The van der Waals surface area contributed by atoms with Crippen LogP contribution in [-0.4, -0.2) is 18.4 Å². The zero-order chi connectivity index (χ0) is 7.07. The van der Waals surface area contributed by atoms with Crippen LogP contribution in [0.5, 0.6) is 0 Å². The summed E-state index contributed by atoms with van der Waals surface area (Å²) < 4.78 is 31.5. The Hall–Kier alpha value is -0.870. The highest BCUT2D eigenvalue weighted by Gasteiger charge is 2.50. The van der Waals surface area contributed by atoms with E-state index in [0.29, 0.717) is 0 Å². The maximum Gasteiger partial charge on any atom is 0.513 e. The number of hydrogen-bond donors (Lipinski definition) is 0. The van der Waals surface area contributed by atoms with Gasteiger partial charge in [0.15, 0.2) is 0 Å². The zero-order valence-corrected chi connectivity index (χ0v) is 4.56. The Morgan fingerprint density at radius 2 is 2.22 bits per heavy atom. The van der Waals surface area contributed by atoms with Crippen molar-refractivity contribution < 1.29 is 23.0 Å². The summed E-state index contributed by atoms with van der Waals surface area (Å²) in [6.07, 6.45) is -6.23. The van der Waals surface area contributed by atoms with Gasteiger partial charge in [0.25, 0.3) is 0 Å². The largest absolute Gasteiger partial charge is 0.513 e. The molecule has 0 amide bonds. The number of carbonyl (C=O) groups is 1. The van der Waals surface area contributed by atoms with Crippen LogP contribution in [0.2, 0.25) is 0 Å². The lowest BCUT2D eigenvalue weighted by Gasteiger charge is -2.06. The summed E-state index contributed by atoms with van der Waals surface area (Å²) in [5, 5.41) is 0. The number of carbonyl (C=O) groups excluding carboxylic acids is 1. The van der Waals surface area contributed by atoms with E-state index in [-0.39, 0.29) is 0 Å². The molecule has 0 bridgehead atoms. The second-order valence-corrected chi connectivity index (χ2v) is 1.67. The van der Waals surface area contributed by atoms with Gasteiger partial charge in [0, 0.05) is 0 Å². The molecule has 0 aromatic carbocycles. The van der Waals surface area contributed by atoms with Crippen molar-refractivity contribution in [3.05, 3.63) is 0 Å². The minimum atomic E-state index is -3.45. The summed E-state index contributed by atoms with van der Waals surface area (Å²) in [6, 6.07) is 0. The molecule has 1 unspecified atom stereocenters. The molecule has 1 heterocycles. The molecule has 1 atom stereocenters. The van der Waals surface area contributed by atoms with Crippen molar-refractivity contribution in [3.63, 3.8) is 0 Å². The van der Waals surface area contributed by atoms with E-state index in [1.54, 1.807) is 0 Å². The molecular formula is C4H4F2O3. The van der Waals surface area contributed by atoms with Crippen LogP contribution in [0.3, 0.4) is 0 Å². The molecule has 0 N–H and O–H groups in total. The average Bonchev–Trinajstić information content (AvgIpc) is 1.79. The lowest BCUT2D eigenvalue weighted by atomic mass is 10.4. The SMILES string of the molecule is CC1OC(=O)OC1(F)F. The molecule has 0 aliphatic carbocycles. The van der Waals surface area contributed by atoms with E-state index in [1.807, 2.05) is 0 Å². The fraction of sp³-hybridized carbons (Fsp3) is 0.750. The standard InChI is InChI=1S/C4H4F2O3/c1-2-4(5,6)9-3(7)8-2/h2H,1H3. The van der Waals surface area contributed by atoms with Gasteiger partial charge in [-0.3, -0.25) is 0 Å². The van der Waals surface area contributed by atoms with Crippen LogP contribution < -0.4 is 0 Å². The molecule has 5 heteroatoms. The first-order valence-corrected chi connectivity index (χ1v) is 2.30. The Balaban J connectivity index is 2.69. The molecule has 3 nitrogen and oxygen atoms in total. The van der Waals surface area contributed by atoms with Crippen LogP contribution >= 0.6 is 0 Å². The van der Waals surface area contributed by atoms with Gasteiger partial charge in [-0.15, -0.1) is 0 Å². The monoisotopic (exact) mass is 138 g/mol. The number of hydrogen-bond acceptors (Lipinski definition) is 3. The van der Waals surface area contributed by atoms with Crippen LogP contribution in [0, 0.1) is 0 Å². The molecule has 0 aromatic rings. The van der Waals surface area contributed by atoms with E-state index in [2.05, 4.69) is 9.47 Å². The molecule has 1 rings (SSSR count). The Morgan fingerprint density at radius 1 is 1.67 bits per heavy atom. The van der Waals surface area contributed by atoms with Crippen molar-refractivity contribution in [3.8, 4) is 0 Å². The average molecular weight is 138 g/mol. The van der Waals surface area contributed by atoms with Crippen molar-refractivity contribution in [1.29, 1.82) is 0 Å². The molecule has 1 saturated heterocycles. The lowest BCUT2D eigenvalue weighted by molar-refractivity contribution is -0.194. The molecule has 1 fully saturated rings. The number of rotatable bonds is 0. The second kappa shape index (κ2) is 1.55. The third-order valence-electron chi connectivity index (χ3n) is 0.966. The van der Waals surface area contributed by atoms with E-state index in [4.69, 9.17) is 0 Å². The number of halogens is 2. The topological polar surface area (TPSA) is 35.5 Å². The summed E-state index contributed by atoms with van der Waals surface area (Å²) in [6.45, 7) is 1.06. The maximum absolute atomic E-state index is 12.0. The van der Waals surface area contributed by atoms with Crippen molar-refractivity contribution >= 4 is 6.16 Å². The quantitative estimate of drug-likeness (QED) is 0.471. The summed E-state index contributed by atoms with van der Waals surface area (Å²) in [4.78, 5) is 9.94. The van der Waals surface area contributed by atoms with E-state index in [0.717, 1.165) is 6.92 Å². The van der Waals surface area contributed by atoms with Crippen LogP contribution in [0.1, 0.15) is 6.92 Å². The summed E-state index contributed by atoms with van der Waals surface area (Å²) in [7, 11) is 0. The fourth-order valence-electron chi connectivity index (χ4n) is 0.431. The first-order chi connectivity index (χ1) is 4.02. The van der Waals surface area contributed by atoms with Crippen LogP contribution in [0.4, 0.5) is 13.6 Å². The van der Waals surface area contributed by atoms with Gasteiger partial charge in [-0.05, 0) is 6.92 Å². The van der Waals surface area contributed by atoms with Gasteiger partial charge >= 0.3 is 12.3 Å². The predicted octanol–water partition coefficient (Wildman–Crippen LogP) is 1.13. The summed E-state index contributed by atoms with van der Waals surface area (Å²) in [5.74, 6) is 0. The summed E-state index contributed by atoms with van der Waals surface area (Å²) in [5.41, 5.74) is 0. The lowest BCUT2D eigenvalue weighted by Crippen LogP contribution is -2.26. The van der Waals surface area contributed by atoms with Crippen molar-refractivity contribution in [2.24, 2.45) is 0 Å². The Labute approximate surface area is 49.5 Å². The highest BCUT2D eigenvalue weighted by atomic mass is 19.3. The molecule has 0 aromatic heterocycles. The van der Waals surface area contributed by atoms with E-state index < -0.39 is 18.4 Å². The number of cyclic esters (lactones) is 2. The van der Waals surface area contributed by atoms with Crippen molar-refractivity contribution in [1.82, 2.24) is 0 Å². The van der Waals surface area contributed by atoms with Gasteiger partial charge < -0.3 is 9.47 Å². The normalized spacial score (nSPS) is 31.4. The minimum Gasteiger partial charge on any atom is -0.420 e. The van der Waals surface area contributed by atoms with Gasteiger partial charge in [0.2, 0.25) is 6.10 Å². The molecule has 9 heavy (non-hydrogen) atoms. The van der Waals surface area contributed by atoms with Crippen LogP contribution in [-0.2, 0) is 9.47 Å². The first-order valence-electron chi connectivity index (χ1n) is 2.30. The molecule has 0 spiro atoms. The maximum atomic E-state index is 12.0. The zero-order valence-electron chi connectivity index (χ0n) is 4.56. The molecule has 1 aliphatic heterocycles. The molecule has 1 aliphatic rings. The molecule has 0 saturated carbocycles. The van der Waals surface area contributed by atoms with E-state index in [9.17, 15) is 13.6 Å². The van der Waals surface area contributed by atoms with Crippen molar-refractivity contribution in [2.75, 3.05) is 0 Å². The first kappa shape index (κ1) is 6.25. The van der Waals surface area contributed by atoms with E-state index in [1.165, 1.54) is 0 Å². The Kier molecular flexibility index (Phi) is 1.08. The predicted molar refractivity (Wildman–Crippen MR) is 22.0 cm³/mol. The third kappa shape index (κ3) is 0.940. The van der Waals surface area contributed by atoms with Crippen LogP contribution in [0.15, 0.2) is 0 Å². The minimum absolute atomic E-state index is 1.06. The van der Waals surface area contributed by atoms with Crippen LogP contribution in [0.25, 0.3) is 0 Å². The Morgan fingerprint density at radius 3 is 2.33 bits per heavy atom.